The van der Waals surface area contributed by atoms with Crippen LogP contribution in [0.3, 0.4) is 0 Å². The van der Waals surface area contributed by atoms with Gasteiger partial charge in [0, 0.05) is 22.7 Å². The Bertz CT molecular complexity index is 1330. The summed E-state index contributed by atoms with van der Waals surface area (Å²) in [7, 11) is 0. The van der Waals surface area contributed by atoms with Gasteiger partial charge in [-0.1, -0.05) is 15.9 Å². The van der Waals surface area contributed by atoms with Gasteiger partial charge in [-0.2, -0.15) is 5.10 Å². The minimum Gasteiger partial charge on any atom is -0.485 e. The summed E-state index contributed by atoms with van der Waals surface area (Å²) in [5, 5.41) is 10.4. The molecule has 3 heterocycles. The molecule has 1 aliphatic rings. The zero-order chi connectivity index (χ0) is 27.0. The van der Waals surface area contributed by atoms with E-state index in [-0.39, 0.29) is 12.6 Å². The second kappa shape index (κ2) is 10.2. The van der Waals surface area contributed by atoms with Crippen molar-refractivity contribution < 1.29 is 23.8 Å². The van der Waals surface area contributed by atoms with E-state index in [1.165, 1.54) is 10.7 Å². The Labute approximate surface area is 224 Å². The maximum Gasteiger partial charge on any atom is 0.407 e. The molecule has 1 unspecified atom stereocenters. The first-order valence-electron chi connectivity index (χ1n) is 12.1. The summed E-state index contributed by atoms with van der Waals surface area (Å²) < 4.78 is 19.4. The highest BCUT2D eigenvalue weighted by Crippen LogP contribution is 2.42. The number of amides is 1. The molecule has 0 aliphatic carbocycles. The lowest BCUT2D eigenvalue weighted by atomic mass is 9.97. The first kappa shape index (κ1) is 26.7. The van der Waals surface area contributed by atoms with Crippen LogP contribution in [0.5, 0.6) is 5.75 Å². The number of nitrogens with zero attached hydrogens (tertiary/aromatic N) is 3. The monoisotopic (exact) mass is 573 g/mol. The molecule has 1 aromatic carbocycles. The molecule has 3 aromatic rings. The van der Waals surface area contributed by atoms with Crippen LogP contribution in [-0.4, -0.2) is 51.0 Å². The number of hydrogen-bond donors (Lipinski definition) is 2. The van der Waals surface area contributed by atoms with Gasteiger partial charge in [-0.25, -0.2) is 19.1 Å². The van der Waals surface area contributed by atoms with Crippen molar-refractivity contribution in [2.24, 2.45) is 0 Å². The van der Waals surface area contributed by atoms with E-state index < -0.39 is 23.3 Å². The highest BCUT2D eigenvalue weighted by molar-refractivity contribution is 9.10. The molecule has 1 aliphatic heterocycles. The summed E-state index contributed by atoms with van der Waals surface area (Å²) in [4.78, 5) is 29.1. The van der Waals surface area contributed by atoms with Crippen LogP contribution in [0.1, 0.15) is 69.1 Å². The molecule has 198 valence electrons. The van der Waals surface area contributed by atoms with E-state index in [1.54, 1.807) is 19.2 Å². The predicted octanol–water partition coefficient (Wildman–Crippen LogP) is 5.06. The molecule has 37 heavy (non-hydrogen) atoms. The SMILES string of the molecule is CCOC(=O)c1cnn2ccc(N[C@H](C)c3cc(Br)cc4c3OC(C)(CNC(=O)OC(C)(C)C)C4)nc12. The van der Waals surface area contributed by atoms with E-state index >= 15 is 0 Å². The fraction of sp³-hybridized carbons (Fsp3) is 0.462. The summed E-state index contributed by atoms with van der Waals surface area (Å²) in [5.41, 5.74) is 1.48. The van der Waals surface area contributed by atoms with Gasteiger partial charge in [0.1, 0.15) is 28.3 Å². The van der Waals surface area contributed by atoms with Crippen molar-refractivity contribution in [3.05, 3.63) is 51.8 Å². The highest BCUT2D eigenvalue weighted by atomic mass is 79.9. The number of anilines is 1. The van der Waals surface area contributed by atoms with Gasteiger partial charge in [-0.15, -0.1) is 0 Å². The summed E-state index contributed by atoms with van der Waals surface area (Å²) in [6.45, 7) is 11.8. The molecule has 10 nitrogen and oxygen atoms in total. The normalized spacial score (nSPS) is 17.6. The van der Waals surface area contributed by atoms with E-state index in [0.29, 0.717) is 30.0 Å². The number of carbonyl (C=O) groups excluding carboxylic acids is 2. The van der Waals surface area contributed by atoms with Crippen LogP contribution in [-0.2, 0) is 15.9 Å². The van der Waals surface area contributed by atoms with Crippen molar-refractivity contribution in [2.45, 2.75) is 65.2 Å². The lowest BCUT2D eigenvalue weighted by Gasteiger charge is -2.27. The Balaban J connectivity index is 1.52. The highest BCUT2D eigenvalue weighted by Gasteiger charge is 2.38. The number of rotatable bonds is 7. The smallest absolute Gasteiger partial charge is 0.407 e. The van der Waals surface area contributed by atoms with E-state index in [0.717, 1.165) is 21.3 Å². The lowest BCUT2D eigenvalue weighted by molar-refractivity contribution is 0.0447. The molecular formula is C26H32BrN5O5. The average molecular weight is 574 g/mol. The zero-order valence-electron chi connectivity index (χ0n) is 21.8. The Hall–Kier alpha value is -3.34. The predicted molar refractivity (Wildman–Crippen MR) is 142 cm³/mol. The Morgan fingerprint density at radius 1 is 1.32 bits per heavy atom. The average Bonchev–Trinajstić information content (AvgIpc) is 3.36. The number of carbonyl (C=O) groups is 2. The van der Waals surface area contributed by atoms with Gasteiger partial charge in [-0.05, 0) is 65.3 Å². The molecule has 4 rings (SSSR count). The Kier molecular flexibility index (Phi) is 7.36. The first-order valence-corrected chi connectivity index (χ1v) is 12.9. The number of hydrogen-bond acceptors (Lipinski definition) is 8. The Morgan fingerprint density at radius 3 is 2.78 bits per heavy atom. The summed E-state index contributed by atoms with van der Waals surface area (Å²) in [5.74, 6) is 0.883. The number of ether oxygens (including phenoxy) is 3. The molecule has 0 saturated heterocycles. The molecule has 0 saturated carbocycles. The van der Waals surface area contributed by atoms with E-state index in [1.807, 2.05) is 46.8 Å². The van der Waals surface area contributed by atoms with Crippen molar-refractivity contribution in [3.8, 4) is 5.75 Å². The third kappa shape index (κ3) is 6.15. The second-order valence-electron chi connectivity index (χ2n) is 10.3. The summed E-state index contributed by atoms with van der Waals surface area (Å²) >= 11 is 3.62. The molecule has 0 radical (unpaired) electrons. The molecule has 2 atom stereocenters. The van der Waals surface area contributed by atoms with E-state index in [9.17, 15) is 9.59 Å². The van der Waals surface area contributed by atoms with Crippen molar-refractivity contribution in [2.75, 3.05) is 18.5 Å². The lowest BCUT2D eigenvalue weighted by Crippen LogP contribution is -2.45. The number of esters is 1. The van der Waals surface area contributed by atoms with Gasteiger partial charge >= 0.3 is 12.1 Å². The van der Waals surface area contributed by atoms with Crippen molar-refractivity contribution in [1.29, 1.82) is 0 Å². The zero-order valence-corrected chi connectivity index (χ0v) is 23.4. The van der Waals surface area contributed by atoms with Crippen LogP contribution in [0.25, 0.3) is 5.65 Å². The van der Waals surface area contributed by atoms with Crippen molar-refractivity contribution >= 4 is 39.5 Å². The van der Waals surface area contributed by atoms with Gasteiger partial charge in [-0.3, -0.25) is 0 Å². The van der Waals surface area contributed by atoms with Gasteiger partial charge < -0.3 is 24.8 Å². The number of fused-ring (bicyclic) bond motifs is 2. The Morgan fingerprint density at radius 2 is 2.08 bits per heavy atom. The van der Waals surface area contributed by atoms with Crippen LogP contribution in [0.4, 0.5) is 10.6 Å². The van der Waals surface area contributed by atoms with Gasteiger partial charge in [0.25, 0.3) is 0 Å². The molecule has 2 aromatic heterocycles. The molecule has 11 heteroatoms. The number of nitrogens with one attached hydrogen (secondary N) is 2. The molecular weight excluding hydrogens is 542 g/mol. The second-order valence-corrected chi connectivity index (χ2v) is 11.2. The first-order chi connectivity index (χ1) is 17.4. The number of alkyl carbamates (subject to hydrolysis) is 1. The molecule has 0 fully saturated rings. The fourth-order valence-corrected chi connectivity index (χ4v) is 4.73. The van der Waals surface area contributed by atoms with Crippen LogP contribution in [0.2, 0.25) is 0 Å². The molecule has 0 spiro atoms. The number of aromatic nitrogens is 3. The van der Waals surface area contributed by atoms with Crippen LogP contribution >= 0.6 is 15.9 Å². The van der Waals surface area contributed by atoms with Crippen LogP contribution in [0, 0.1) is 0 Å². The quantitative estimate of drug-likeness (QED) is 0.377. The van der Waals surface area contributed by atoms with Gasteiger partial charge in [0.2, 0.25) is 0 Å². The topological polar surface area (TPSA) is 116 Å². The van der Waals surface area contributed by atoms with Crippen LogP contribution in [0.15, 0.2) is 35.1 Å². The maximum atomic E-state index is 12.3. The maximum absolute atomic E-state index is 12.3. The fourth-order valence-electron chi connectivity index (χ4n) is 4.21. The van der Waals surface area contributed by atoms with Crippen molar-refractivity contribution in [1.82, 2.24) is 19.9 Å². The van der Waals surface area contributed by atoms with Gasteiger partial charge in [0.15, 0.2) is 5.65 Å². The number of benzene rings is 1. The summed E-state index contributed by atoms with van der Waals surface area (Å²) in [6, 6.07) is 5.65. The van der Waals surface area contributed by atoms with E-state index in [4.69, 9.17) is 14.2 Å². The van der Waals surface area contributed by atoms with Gasteiger partial charge in [0.05, 0.1) is 25.4 Å². The number of halogens is 1. The molecule has 2 N–H and O–H groups in total. The third-order valence-corrected chi connectivity index (χ3v) is 6.23. The van der Waals surface area contributed by atoms with Crippen molar-refractivity contribution in [3.63, 3.8) is 0 Å². The van der Waals surface area contributed by atoms with E-state index in [2.05, 4.69) is 36.6 Å². The molecule has 1 amide bonds. The minimum atomic E-state index is -0.627. The largest absolute Gasteiger partial charge is 0.485 e. The standard InChI is InChI=1S/C26H32BrN5O5/c1-7-35-23(33)19-13-29-32-9-8-20(31-22(19)32)30-15(2)18-11-17(27)10-16-12-26(6,36-21(16)18)14-28-24(34)37-25(3,4)5/h8-11,13,15H,7,12,14H2,1-6H3,(H,28,34)(H,30,31)/t15-,26?/m1/s1. The molecule has 0 bridgehead atoms. The third-order valence-electron chi connectivity index (χ3n) is 5.77. The van der Waals surface area contributed by atoms with Crippen LogP contribution < -0.4 is 15.4 Å². The minimum absolute atomic E-state index is 0.184. The summed E-state index contributed by atoms with van der Waals surface area (Å²) in [6.07, 6.45) is 3.34.